The van der Waals surface area contributed by atoms with Crippen molar-refractivity contribution in [3.05, 3.63) is 33.4 Å². The lowest BCUT2D eigenvalue weighted by atomic mass is 10.2. The van der Waals surface area contributed by atoms with E-state index in [4.69, 9.17) is 11.6 Å². The Kier molecular flexibility index (Phi) is 5.06. The zero-order valence-electron chi connectivity index (χ0n) is 13.5. The summed E-state index contributed by atoms with van der Waals surface area (Å²) in [6.45, 7) is 10.6. The van der Waals surface area contributed by atoms with Crippen LogP contribution in [0.3, 0.4) is 0 Å². The second-order valence-corrected chi connectivity index (χ2v) is 5.59. The maximum absolute atomic E-state index is 6.48. The second kappa shape index (κ2) is 6.62. The number of aryl methyl sites for hydroxylation is 3. The molecular formula is C15H24ClN5. The minimum absolute atomic E-state index is 0.663. The highest BCUT2D eigenvalue weighted by atomic mass is 35.5. The average molecular weight is 310 g/mol. The van der Waals surface area contributed by atoms with Crippen LogP contribution in [-0.4, -0.2) is 26.6 Å². The summed E-state index contributed by atoms with van der Waals surface area (Å²) in [4.78, 5) is 0. The van der Waals surface area contributed by atoms with Crippen LogP contribution in [0, 0.1) is 13.8 Å². The third-order valence-electron chi connectivity index (χ3n) is 3.88. The lowest BCUT2D eigenvalue weighted by Gasteiger charge is -2.08. The molecule has 21 heavy (non-hydrogen) atoms. The van der Waals surface area contributed by atoms with E-state index < -0.39 is 0 Å². The standard InChI is InChI=1S/C15H24ClN5/c1-6-13-15(16)14(20(7-2)19-13)9-21-11(4)12(8-17-5)10(3)18-21/h17H,6-9H2,1-5H3. The molecule has 116 valence electrons. The topological polar surface area (TPSA) is 47.7 Å². The van der Waals surface area contributed by atoms with Gasteiger partial charge in [0.25, 0.3) is 0 Å². The molecule has 0 atom stereocenters. The van der Waals surface area contributed by atoms with Crippen molar-refractivity contribution >= 4 is 11.6 Å². The van der Waals surface area contributed by atoms with Crippen molar-refractivity contribution in [3.63, 3.8) is 0 Å². The van der Waals surface area contributed by atoms with Crippen LogP contribution >= 0.6 is 11.6 Å². The van der Waals surface area contributed by atoms with Gasteiger partial charge >= 0.3 is 0 Å². The number of hydrogen-bond acceptors (Lipinski definition) is 3. The van der Waals surface area contributed by atoms with Gasteiger partial charge < -0.3 is 5.32 Å². The number of halogens is 1. The Balaban J connectivity index is 2.39. The van der Waals surface area contributed by atoms with E-state index in [1.165, 1.54) is 11.3 Å². The van der Waals surface area contributed by atoms with E-state index in [1.54, 1.807) is 0 Å². The first-order chi connectivity index (χ1) is 10.0. The van der Waals surface area contributed by atoms with Crippen LogP contribution in [-0.2, 0) is 26.1 Å². The third kappa shape index (κ3) is 2.99. The Morgan fingerprint density at radius 3 is 2.43 bits per heavy atom. The molecule has 6 heteroatoms. The van der Waals surface area contributed by atoms with Gasteiger partial charge in [0.1, 0.15) is 0 Å². The molecule has 0 bridgehead atoms. The molecule has 2 heterocycles. The van der Waals surface area contributed by atoms with Gasteiger partial charge in [-0.2, -0.15) is 10.2 Å². The van der Waals surface area contributed by atoms with E-state index >= 15 is 0 Å². The Morgan fingerprint density at radius 2 is 1.86 bits per heavy atom. The number of hydrogen-bond donors (Lipinski definition) is 1. The molecule has 0 saturated heterocycles. The SMILES string of the molecule is CCc1nn(CC)c(Cn2nc(C)c(CNC)c2C)c1Cl. The van der Waals surface area contributed by atoms with E-state index in [-0.39, 0.29) is 0 Å². The maximum atomic E-state index is 6.48. The summed E-state index contributed by atoms with van der Waals surface area (Å²) in [5, 5.41) is 13.2. The van der Waals surface area contributed by atoms with Gasteiger partial charge in [0.15, 0.2) is 0 Å². The quantitative estimate of drug-likeness (QED) is 0.892. The number of rotatable bonds is 6. The molecule has 0 aliphatic heterocycles. The van der Waals surface area contributed by atoms with Crippen molar-refractivity contribution in [3.8, 4) is 0 Å². The largest absolute Gasteiger partial charge is 0.316 e. The highest BCUT2D eigenvalue weighted by Gasteiger charge is 2.17. The Bertz CT molecular complexity index is 627. The van der Waals surface area contributed by atoms with Gasteiger partial charge in [-0.3, -0.25) is 9.36 Å². The molecule has 0 saturated carbocycles. The van der Waals surface area contributed by atoms with Gasteiger partial charge in [-0.05, 0) is 34.2 Å². The molecule has 1 N–H and O–H groups in total. The van der Waals surface area contributed by atoms with E-state index in [2.05, 4.69) is 36.3 Å². The van der Waals surface area contributed by atoms with Crippen molar-refractivity contribution in [1.29, 1.82) is 0 Å². The van der Waals surface area contributed by atoms with Crippen molar-refractivity contribution in [2.75, 3.05) is 7.05 Å². The van der Waals surface area contributed by atoms with Gasteiger partial charge in [-0.15, -0.1) is 0 Å². The predicted octanol–water partition coefficient (Wildman–Crippen LogP) is 2.70. The van der Waals surface area contributed by atoms with Crippen molar-refractivity contribution < 1.29 is 0 Å². The molecule has 0 fully saturated rings. The fourth-order valence-corrected chi connectivity index (χ4v) is 2.96. The van der Waals surface area contributed by atoms with E-state index in [0.717, 1.165) is 41.6 Å². The predicted molar refractivity (Wildman–Crippen MR) is 85.9 cm³/mol. The summed E-state index contributed by atoms with van der Waals surface area (Å²) in [6.07, 6.45) is 0.848. The molecule has 0 aliphatic carbocycles. The minimum atomic E-state index is 0.663. The molecule has 5 nitrogen and oxygen atoms in total. The summed E-state index contributed by atoms with van der Waals surface area (Å²) < 4.78 is 4.01. The van der Waals surface area contributed by atoms with Crippen LogP contribution in [0.2, 0.25) is 5.02 Å². The molecule has 0 amide bonds. The first-order valence-electron chi connectivity index (χ1n) is 7.44. The molecule has 2 aromatic heterocycles. The first kappa shape index (κ1) is 16.0. The molecular weight excluding hydrogens is 286 g/mol. The first-order valence-corrected chi connectivity index (χ1v) is 7.82. The molecule has 0 radical (unpaired) electrons. The molecule has 0 aliphatic rings. The lowest BCUT2D eigenvalue weighted by Crippen LogP contribution is -2.11. The molecule has 0 unspecified atom stereocenters. The molecule has 0 spiro atoms. The van der Waals surface area contributed by atoms with Crippen molar-refractivity contribution in [2.45, 2.75) is 53.8 Å². The summed E-state index contributed by atoms with van der Waals surface area (Å²) in [6, 6.07) is 0. The average Bonchev–Trinajstić information content (AvgIpc) is 2.92. The summed E-state index contributed by atoms with van der Waals surface area (Å²) in [5.74, 6) is 0. The summed E-state index contributed by atoms with van der Waals surface area (Å²) >= 11 is 6.48. The lowest BCUT2D eigenvalue weighted by molar-refractivity contribution is 0.565. The van der Waals surface area contributed by atoms with Crippen LogP contribution in [0.1, 0.15) is 42.2 Å². The number of nitrogens with zero attached hydrogens (tertiary/aromatic N) is 4. The van der Waals surface area contributed by atoms with E-state index in [0.29, 0.717) is 6.54 Å². The third-order valence-corrected chi connectivity index (χ3v) is 4.31. The van der Waals surface area contributed by atoms with Crippen molar-refractivity contribution in [2.24, 2.45) is 0 Å². The highest BCUT2D eigenvalue weighted by molar-refractivity contribution is 6.31. The van der Waals surface area contributed by atoms with Crippen LogP contribution in [0.15, 0.2) is 0 Å². The van der Waals surface area contributed by atoms with Gasteiger partial charge in [-0.1, -0.05) is 18.5 Å². The monoisotopic (exact) mass is 309 g/mol. The van der Waals surface area contributed by atoms with E-state index in [1.807, 2.05) is 23.3 Å². The van der Waals surface area contributed by atoms with Crippen LogP contribution < -0.4 is 5.32 Å². The zero-order valence-corrected chi connectivity index (χ0v) is 14.3. The fourth-order valence-electron chi connectivity index (χ4n) is 2.63. The Morgan fingerprint density at radius 1 is 1.14 bits per heavy atom. The normalized spacial score (nSPS) is 11.3. The van der Waals surface area contributed by atoms with Crippen LogP contribution in [0.4, 0.5) is 0 Å². The smallest absolute Gasteiger partial charge is 0.0869 e. The van der Waals surface area contributed by atoms with Crippen LogP contribution in [0.25, 0.3) is 0 Å². The molecule has 2 aromatic rings. The minimum Gasteiger partial charge on any atom is -0.316 e. The second-order valence-electron chi connectivity index (χ2n) is 5.21. The Hall–Kier alpha value is -1.33. The van der Waals surface area contributed by atoms with E-state index in [9.17, 15) is 0 Å². The van der Waals surface area contributed by atoms with Gasteiger partial charge in [-0.25, -0.2) is 0 Å². The Labute approximate surface area is 131 Å². The summed E-state index contributed by atoms with van der Waals surface area (Å²) in [7, 11) is 1.95. The van der Waals surface area contributed by atoms with Crippen molar-refractivity contribution in [1.82, 2.24) is 24.9 Å². The van der Waals surface area contributed by atoms with Gasteiger partial charge in [0, 0.05) is 24.3 Å². The van der Waals surface area contributed by atoms with Gasteiger partial charge in [0.2, 0.25) is 0 Å². The summed E-state index contributed by atoms with van der Waals surface area (Å²) in [5.41, 5.74) is 5.51. The number of nitrogens with one attached hydrogen (secondary N) is 1. The zero-order chi connectivity index (χ0) is 15.6. The molecule has 2 rings (SSSR count). The van der Waals surface area contributed by atoms with Gasteiger partial charge in [0.05, 0.1) is 28.6 Å². The fraction of sp³-hybridized carbons (Fsp3) is 0.600. The number of aromatic nitrogens is 4. The van der Waals surface area contributed by atoms with Crippen LogP contribution in [0.5, 0.6) is 0 Å². The molecule has 0 aromatic carbocycles. The highest BCUT2D eigenvalue weighted by Crippen LogP contribution is 2.23. The maximum Gasteiger partial charge on any atom is 0.0869 e.